The van der Waals surface area contributed by atoms with Gasteiger partial charge in [-0.25, -0.2) is 4.79 Å². The molecule has 1 heterocycles. The minimum absolute atomic E-state index is 0.0550. The predicted molar refractivity (Wildman–Crippen MR) is 130 cm³/mol. The molecule has 6 heteroatoms. The Morgan fingerprint density at radius 2 is 1.75 bits per heavy atom. The molecule has 2 saturated carbocycles. The van der Waals surface area contributed by atoms with Crippen molar-refractivity contribution < 1.29 is 14.3 Å². The quantitative estimate of drug-likeness (QED) is 0.513. The van der Waals surface area contributed by atoms with Gasteiger partial charge in [-0.2, -0.15) is 0 Å². The van der Waals surface area contributed by atoms with Crippen LogP contribution in [0.4, 0.5) is 0 Å². The molecule has 0 amide bonds. The van der Waals surface area contributed by atoms with Crippen LogP contribution in [0.3, 0.4) is 0 Å². The number of hydrogen-bond acceptors (Lipinski definition) is 5. The van der Waals surface area contributed by atoms with E-state index in [0.717, 1.165) is 48.9 Å². The maximum atomic E-state index is 13.4. The number of nitrogens with two attached hydrogens (primary N) is 1. The predicted octanol–water partition coefficient (Wildman–Crippen LogP) is 5.01. The largest absolute Gasteiger partial charge is 0.459 e. The number of ketones is 1. The molecule has 4 rings (SSSR count). The summed E-state index contributed by atoms with van der Waals surface area (Å²) in [5.74, 6) is -1.03. The lowest BCUT2D eigenvalue weighted by atomic mass is 9.63. The number of Topliss-reactive ketones (excluding diaryl/α,β-unsaturated/α-hetero) is 1. The summed E-state index contributed by atoms with van der Waals surface area (Å²) in [5.41, 5.74) is 9.35. The summed E-state index contributed by atoms with van der Waals surface area (Å²) in [5, 5.41) is 0. The Morgan fingerprint density at radius 1 is 1.09 bits per heavy atom. The number of esters is 1. The topological polar surface area (TPSA) is 81.8 Å². The van der Waals surface area contributed by atoms with Crippen molar-refractivity contribution in [2.75, 3.05) is 0 Å². The van der Waals surface area contributed by atoms with Gasteiger partial charge in [0, 0.05) is 29.3 Å². The van der Waals surface area contributed by atoms with Crippen molar-refractivity contribution in [2.45, 2.75) is 77.7 Å². The number of fused-ring (bicyclic) bond motifs is 1. The van der Waals surface area contributed by atoms with E-state index >= 15 is 0 Å². The van der Waals surface area contributed by atoms with E-state index in [1.165, 1.54) is 6.42 Å². The zero-order valence-electron chi connectivity index (χ0n) is 19.1. The Kier molecular flexibility index (Phi) is 6.35. The average Bonchev–Trinajstić information content (AvgIpc) is 2.72. The zero-order valence-corrected chi connectivity index (χ0v) is 20.0. The van der Waals surface area contributed by atoms with E-state index in [-0.39, 0.29) is 23.3 Å². The number of carbonyl (C=O) groups excluding carboxylic acids is 2. The van der Waals surface area contributed by atoms with Crippen molar-refractivity contribution in [3.8, 4) is 0 Å². The van der Waals surface area contributed by atoms with Gasteiger partial charge in [-0.15, -0.1) is 0 Å². The van der Waals surface area contributed by atoms with Gasteiger partial charge in [-0.05, 0) is 50.0 Å². The second-order valence-corrected chi connectivity index (χ2v) is 10.6. The van der Waals surface area contributed by atoms with Crippen LogP contribution < -0.4 is 5.73 Å². The van der Waals surface area contributed by atoms with Crippen LogP contribution in [0.1, 0.15) is 82.8 Å². The van der Waals surface area contributed by atoms with Gasteiger partial charge in [0.1, 0.15) is 16.9 Å². The third-order valence-electron chi connectivity index (χ3n) is 6.96. The van der Waals surface area contributed by atoms with Gasteiger partial charge in [0.25, 0.3) is 0 Å². The van der Waals surface area contributed by atoms with Crippen molar-refractivity contribution in [1.82, 2.24) is 0 Å². The van der Waals surface area contributed by atoms with E-state index in [0.29, 0.717) is 22.7 Å². The molecule has 1 aromatic carbocycles. The molecule has 0 aromatic heterocycles. The van der Waals surface area contributed by atoms with Gasteiger partial charge < -0.3 is 10.5 Å². The molecule has 0 saturated heterocycles. The third-order valence-corrected chi connectivity index (χ3v) is 7.20. The van der Waals surface area contributed by atoms with E-state index in [9.17, 15) is 9.59 Å². The smallest absolute Gasteiger partial charge is 0.336 e. The summed E-state index contributed by atoms with van der Waals surface area (Å²) in [6, 6.07) is 7.58. The second-order valence-electron chi connectivity index (χ2n) is 10.2. The summed E-state index contributed by atoms with van der Waals surface area (Å²) in [7, 11) is 0. The minimum Gasteiger partial charge on any atom is -0.459 e. The molecule has 0 radical (unpaired) electrons. The third kappa shape index (κ3) is 4.56. The number of rotatable bonds is 4. The van der Waals surface area contributed by atoms with Crippen molar-refractivity contribution >= 4 is 34.7 Å². The van der Waals surface area contributed by atoms with E-state index < -0.39 is 11.8 Å². The van der Waals surface area contributed by atoms with Crippen molar-refractivity contribution in [2.24, 2.45) is 22.1 Å². The molecule has 3 aliphatic rings. The van der Waals surface area contributed by atoms with Gasteiger partial charge in [0.05, 0.1) is 11.5 Å². The standard InChI is InChI=1S/C26H32N2O3S/c1-15-21(25(30)31-18-7-5-4-6-8-18)22(16-9-11-17(12-10-16)24(27)32)23-19(28-15)13-26(2,3)14-20(23)29/h9-12,18,22-23H,4-8,13-14H2,1-3H3,(H2,27,32). The summed E-state index contributed by atoms with van der Waals surface area (Å²) >= 11 is 5.09. The number of ether oxygens (including phenoxy) is 1. The highest BCUT2D eigenvalue weighted by Gasteiger charge is 2.47. The van der Waals surface area contributed by atoms with Crippen LogP contribution in [-0.2, 0) is 14.3 Å². The highest BCUT2D eigenvalue weighted by molar-refractivity contribution is 7.80. The molecular formula is C26H32N2O3S. The van der Waals surface area contributed by atoms with Gasteiger partial charge in [-0.3, -0.25) is 9.79 Å². The number of hydrogen-bond donors (Lipinski definition) is 1. The van der Waals surface area contributed by atoms with Crippen molar-refractivity contribution in [1.29, 1.82) is 0 Å². The molecule has 0 bridgehead atoms. The first-order valence-electron chi connectivity index (χ1n) is 11.6. The molecule has 170 valence electrons. The molecule has 0 spiro atoms. The molecule has 2 N–H and O–H groups in total. The molecule has 2 fully saturated rings. The SMILES string of the molecule is CC1=C(C(=O)OC2CCCCC2)C(c2ccc(C(N)=S)cc2)C2C(=O)CC(C)(C)CC2=N1. The summed E-state index contributed by atoms with van der Waals surface area (Å²) in [6.45, 7) is 6.06. The lowest BCUT2D eigenvalue weighted by molar-refractivity contribution is -0.146. The first-order chi connectivity index (χ1) is 15.2. The first-order valence-corrected chi connectivity index (χ1v) is 12.0. The fraction of sp³-hybridized carbons (Fsp3) is 0.538. The Labute approximate surface area is 195 Å². The van der Waals surface area contributed by atoms with Crippen LogP contribution in [-0.4, -0.2) is 28.6 Å². The fourth-order valence-electron chi connectivity index (χ4n) is 5.47. The molecule has 2 atom stereocenters. The van der Waals surface area contributed by atoms with E-state index in [4.69, 9.17) is 27.7 Å². The maximum absolute atomic E-state index is 13.4. The normalized spacial score (nSPS) is 25.7. The molecule has 1 aromatic rings. The summed E-state index contributed by atoms with van der Waals surface area (Å²) < 4.78 is 5.95. The van der Waals surface area contributed by atoms with Crippen LogP contribution in [0.5, 0.6) is 0 Å². The number of carbonyl (C=O) groups is 2. The first kappa shape index (κ1) is 22.8. The van der Waals surface area contributed by atoms with E-state index in [1.54, 1.807) is 0 Å². The van der Waals surface area contributed by atoms with E-state index in [1.807, 2.05) is 31.2 Å². The number of benzene rings is 1. The summed E-state index contributed by atoms with van der Waals surface area (Å²) in [4.78, 5) is 31.9. The van der Waals surface area contributed by atoms with E-state index in [2.05, 4.69) is 13.8 Å². The number of allylic oxidation sites excluding steroid dienone is 1. The molecule has 2 aliphatic carbocycles. The lowest BCUT2D eigenvalue weighted by Gasteiger charge is -2.41. The Morgan fingerprint density at radius 3 is 2.38 bits per heavy atom. The van der Waals surface area contributed by atoms with Gasteiger partial charge in [0.15, 0.2) is 0 Å². The highest BCUT2D eigenvalue weighted by Crippen LogP contribution is 2.47. The molecule has 2 unspecified atom stereocenters. The van der Waals surface area contributed by atoms with Crippen LogP contribution in [0.2, 0.25) is 0 Å². The number of nitrogens with zero attached hydrogens (tertiary/aromatic N) is 1. The maximum Gasteiger partial charge on any atom is 0.336 e. The molecule has 5 nitrogen and oxygen atoms in total. The molecular weight excluding hydrogens is 420 g/mol. The Balaban J connectivity index is 1.76. The highest BCUT2D eigenvalue weighted by atomic mass is 32.1. The van der Waals surface area contributed by atoms with Crippen molar-refractivity contribution in [3.05, 3.63) is 46.7 Å². The van der Waals surface area contributed by atoms with Crippen LogP contribution in [0, 0.1) is 11.3 Å². The number of aliphatic imine (C=N–C) groups is 1. The van der Waals surface area contributed by atoms with Crippen LogP contribution >= 0.6 is 12.2 Å². The zero-order chi connectivity index (χ0) is 23.0. The minimum atomic E-state index is -0.434. The lowest BCUT2D eigenvalue weighted by Crippen LogP contribution is -2.44. The summed E-state index contributed by atoms with van der Waals surface area (Å²) in [6.07, 6.45) is 6.31. The van der Waals surface area contributed by atoms with Crippen LogP contribution in [0.15, 0.2) is 40.5 Å². The van der Waals surface area contributed by atoms with Gasteiger partial charge >= 0.3 is 5.97 Å². The fourth-order valence-corrected chi connectivity index (χ4v) is 5.61. The molecule has 1 aliphatic heterocycles. The second kappa shape index (κ2) is 8.89. The molecule has 32 heavy (non-hydrogen) atoms. The monoisotopic (exact) mass is 452 g/mol. The Bertz CT molecular complexity index is 1000. The number of thiocarbonyl (C=S) groups is 1. The van der Waals surface area contributed by atoms with Crippen LogP contribution in [0.25, 0.3) is 0 Å². The van der Waals surface area contributed by atoms with Gasteiger partial charge in [-0.1, -0.05) is 56.8 Å². The van der Waals surface area contributed by atoms with Crippen molar-refractivity contribution in [3.63, 3.8) is 0 Å². The average molecular weight is 453 g/mol. The van der Waals surface area contributed by atoms with Gasteiger partial charge in [0.2, 0.25) is 0 Å². The Hall–Kier alpha value is -2.34.